The molecule has 5 rings (SSSR count). The third-order valence-corrected chi connectivity index (χ3v) is 27.4. The van der Waals surface area contributed by atoms with E-state index in [1.807, 2.05) is 0 Å². The molecule has 2 aliphatic rings. The Morgan fingerprint density at radius 2 is 1.40 bits per heavy atom. The van der Waals surface area contributed by atoms with Crippen LogP contribution in [-0.2, 0) is 35.5 Å². The Balaban J connectivity index is 0.00000253. The maximum absolute atomic E-state index is 5.65. The molecule has 2 aliphatic carbocycles. The average Bonchev–Trinajstić information content (AvgIpc) is 3.39. The van der Waals surface area contributed by atoms with E-state index in [-0.39, 0.29) is 35.6 Å². The van der Waals surface area contributed by atoms with Gasteiger partial charge in [-0.15, -0.1) is 24.8 Å². The summed E-state index contributed by atoms with van der Waals surface area (Å²) in [4.78, 5) is 0. The summed E-state index contributed by atoms with van der Waals surface area (Å²) < 4.78 is 13.1. The second-order valence-electron chi connectivity index (χ2n) is 16.6. The SMILES string of the molecule is Cl.Cl.[CH2]=[Zr]([CH3])([C]1=C(C)C([Si](C)(C)C)=CC1C)([c]1ccccc1)[c]1c(C(C)(C)C)ccc2c1Cc1cc(C(C)(C)C)ccc1-2. The molecule has 0 saturated carbocycles. The fourth-order valence-electron chi connectivity index (χ4n) is 8.35. The van der Waals surface area contributed by atoms with Gasteiger partial charge in [0.05, 0.1) is 0 Å². The Hall–Kier alpha value is -1.31. The van der Waals surface area contributed by atoms with Gasteiger partial charge >= 0.3 is 254 Å². The van der Waals surface area contributed by atoms with Gasteiger partial charge in [-0.2, -0.15) is 0 Å². The third kappa shape index (κ3) is 5.78. The molecule has 0 fully saturated rings. The van der Waals surface area contributed by atoms with Gasteiger partial charge in [0.1, 0.15) is 0 Å². The van der Waals surface area contributed by atoms with Gasteiger partial charge in [-0.1, -0.05) is 0 Å². The van der Waals surface area contributed by atoms with Crippen LogP contribution in [0, 0.1) is 5.92 Å². The molecule has 1 unspecified atom stereocenters. The number of fused-ring (bicyclic) bond motifs is 3. The molecule has 232 valence electrons. The van der Waals surface area contributed by atoms with Crippen LogP contribution in [0.25, 0.3) is 11.1 Å². The summed E-state index contributed by atoms with van der Waals surface area (Å²) in [5.41, 5.74) is 10.5. The fraction of sp³-hybridized carbons (Fsp3) is 0.410. The van der Waals surface area contributed by atoms with E-state index >= 15 is 0 Å². The van der Waals surface area contributed by atoms with Crippen molar-refractivity contribution < 1.29 is 18.3 Å². The van der Waals surface area contributed by atoms with E-state index in [9.17, 15) is 0 Å². The van der Waals surface area contributed by atoms with E-state index in [1.165, 1.54) is 31.1 Å². The number of benzene rings is 3. The Bertz CT molecular complexity index is 1690. The van der Waals surface area contributed by atoms with Gasteiger partial charge in [0, 0.05) is 0 Å². The van der Waals surface area contributed by atoms with Crippen LogP contribution in [0.5, 0.6) is 0 Å². The number of hydrogen-bond acceptors (Lipinski definition) is 0. The molecule has 0 saturated heterocycles. The van der Waals surface area contributed by atoms with E-state index in [1.54, 1.807) is 22.9 Å². The molecule has 3 aromatic rings. The maximum atomic E-state index is 5.65. The van der Waals surface area contributed by atoms with E-state index in [0.29, 0.717) is 5.92 Å². The predicted octanol–water partition coefficient (Wildman–Crippen LogP) is 10.5. The van der Waals surface area contributed by atoms with Crippen molar-refractivity contribution in [2.24, 2.45) is 5.92 Å². The van der Waals surface area contributed by atoms with E-state index in [4.69, 9.17) is 4.21 Å². The topological polar surface area (TPSA) is 0 Å². The average molecular weight is 713 g/mol. The van der Waals surface area contributed by atoms with Crippen molar-refractivity contribution in [1.82, 2.24) is 0 Å². The van der Waals surface area contributed by atoms with Gasteiger partial charge < -0.3 is 0 Å². The van der Waals surface area contributed by atoms with Gasteiger partial charge in [0.15, 0.2) is 0 Å². The first kappa shape index (κ1) is 36.2. The zero-order valence-corrected chi connectivity index (χ0v) is 33.7. The van der Waals surface area contributed by atoms with Crippen LogP contribution in [0.1, 0.15) is 77.6 Å². The minimum absolute atomic E-state index is 0. The second kappa shape index (κ2) is 11.5. The van der Waals surface area contributed by atoms with Crippen molar-refractivity contribution in [2.45, 2.75) is 96.9 Å². The summed E-state index contributed by atoms with van der Waals surface area (Å²) in [5.74, 6) is 0.407. The van der Waals surface area contributed by atoms with Crippen LogP contribution in [0.2, 0.25) is 24.3 Å². The summed E-state index contributed by atoms with van der Waals surface area (Å²) in [6, 6.07) is 23.7. The van der Waals surface area contributed by atoms with Crippen molar-refractivity contribution in [1.29, 1.82) is 0 Å². The van der Waals surface area contributed by atoms with Gasteiger partial charge in [-0.3, -0.25) is 0 Å². The first-order chi connectivity index (χ1) is 18.8. The van der Waals surface area contributed by atoms with Crippen LogP contribution in [0.15, 0.2) is 80.8 Å². The minimum atomic E-state index is -4.44. The van der Waals surface area contributed by atoms with Gasteiger partial charge in [-0.05, 0) is 0 Å². The zero-order chi connectivity index (χ0) is 30.4. The summed E-state index contributed by atoms with van der Waals surface area (Å²) in [6.07, 6.45) is 3.63. The molecule has 3 aromatic carbocycles. The summed E-state index contributed by atoms with van der Waals surface area (Å²) in [6.45, 7) is 26.6. The molecule has 0 radical (unpaired) electrons. The van der Waals surface area contributed by atoms with Crippen LogP contribution in [0.4, 0.5) is 0 Å². The van der Waals surface area contributed by atoms with Gasteiger partial charge in [-0.25, -0.2) is 0 Å². The predicted molar refractivity (Wildman–Crippen MR) is 199 cm³/mol. The van der Waals surface area contributed by atoms with Crippen molar-refractivity contribution >= 4 is 43.6 Å². The quantitative estimate of drug-likeness (QED) is 0.185. The summed E-state index contributed by atoms with van der Waals surface area (Å²) in [5, 5.41) is 1.64. The molecule has 0 heterocycles. The first-order valence-corrected chi connectivity index (χ1v) is 27.0. The van der Waals surface area contributed by atoms with Crippen molar-refractivity contribution in [3.8, 4) is 11.1 Å². The van der Waals surface area contributed by atoms with Crippen molar-refractivity contribution in [2.75, 3.05) is 0 Å². The van der Waals surface area contributed by atoms with E-state index in [2.05, 4.69) is 146 Å². The van der Waals surface area contributed by atoms with Crippen LogP contribution in [0.3, 0.4) is 0 Å². The van der Waals surface area contributed by atoms with Gasteiger partial charge in [0.25, 0.3) is 0 Å². The van der Waals surface area contributed by atoms with E-state index in [0.717, 1.165) is 6.42 Å². The number of allylic oxidation sites excluding steroid dienone is 4. The summed E-state index contributed by atoms with van der Waals surface area (Å²) in [7, 11) is -1.52. The van der Waals surface area contributed by atoms with Crippen molar-refractivity contribution in [3.63, 3.8) is 0 Å². The Labute approximate surface area is 276 Å². The summed E-state index contributed by atoms with van der Waals surface area (Å²) >= 11 is -4.44. The van der Waals surface area contributed by atoms with E-state index < -0.39 is 26.4 Å². The Morgan fingerprint density at radius 3 is 1.91 bits per heavy atom. The fourth-order valence-corrected chi connectivity index (χ4v) is 27.0. The van der Waals surface area contributed by atoms with Crippen LogP contribution in [-0.4, -0.2) is 12.3 Å². The molecule has 0 bridgehead atoms. The molecular formula is C39H54Cl2SiZr. The standard InChI is InChI=1S/C21H25.C10H17Si.C6H5.CH3.CH2.2ClH.Zr/c1-20(2,3)16-7-9-18-14(12-16)11-15-13-17(21(4,5)6)8-10-19(15)18;1-8-6-9(2)10(7-8)11(3,4)5;1-2-4-6-5-3-1;;;;;/h7-10,12H,11H2,1-6H3;7-8H,1-5H3;1-5H;1H3;1H2;2*1H;. The molecular weight excluding hydrogens is 659 g/mol. The first-order valence-electron chi connectivity index (χ1n) is 15.6. The molecule has 0 nitrogen and oxygen atoms in total. The van der Waals surface area contributed by atoms with Crippen molar-refractivity contribution in [3.05, 3.63) is 103 Å². The molecule has 0 spiro atoms. The zero-order valence-electron chi connectivity index (χ0n) is 28.7. The molecule has 0 aromatic heterocycles. The second-order valence-corrected chi connectivity index (χ2v) is 35.5. The molecule has 0 N–H and O–H groups in total. The molecule has 1 atom stereocenters. The normalized spacial score (nSPS) is 17.1. The van der Waals surface area contributed by atoms with Crippen LogP contribution >= 0.6 is 24.8 Å². The number of rotatable bonds is 4. The third-order valence-electron chi connectivity index (χ3n) is 10.2. The monoisotopic (exact) mass is 710 g/mol. The molecule has 43 heavy (non-hydrogen) atoms. The van der Waals surface area contributed by atoms with Crippen LogP contribution < -0.4 is 6.54 Å². The molecule has 4 heteroatoms. The Kier molecular flexibility index (Phi) is 9.66. The molecule has 0 aliphatic heterocycles. The van der Waals surface area contributed by atoms with Gasteiger partial charge in [0.2, 0.25) is 0 Å². The number of hydrogen-bond donors (Lipinski definition) is 0. The Morgan fingerprint density at radius 1 is 0.814 bits per heavy atom. The molecule has 0 amide bonds. The number of halogens is 2.